The van der Waals surface area contributed by atoms with Gasteiger partial charge in [-0.15, -0.1) is 0 Å². The van der Waals surface area contributed by atoms with Gasteiger partial charge in [0.15, 0.2) is 0 Å². The minimum absolute atomic E-state index is 0.141. The molecule has 1 unspecified atom stereocenters. The molecule has 0 heterocycles. The topological polar surface area (TPSA) is 26.0 Å². The van der Waals surface area contributed by atoms with Crippen LogP contribution in [0.5, 0.6) is 0 Å². The fourth-order valence-electron chi connectivity index (χ4n) is 3.04. The number of rotatable bonds is 2. The zero-order valence-corrected chi connectivity index (χ0v) is 11.5. The maximum absolute atomic E-state index is 13.7. The Morgan fingerprint density at radius 3 is 2.33 bits per heavy atom. The van der Waals surface area contributed by atoms with Crippen molar-refractivity contribution < 1.29 is 4.39 Å². The molecule has 0 radical (unpaired) electrons. The van der Waals surface area contributed by atoms with Crippen molar-refractivity contribution >= 4 is 0 Å². The summed E-state index contributed by atoms with van der Waals surface area (Å²) in [6.45, 7) is 3.85. The molecule has 1 fully saturated rings. The summed E-state index contributed by atoms with van der Waals surface area (Å²) in [4.78, 5) is 0. The van der Waals surface area contributed by atoms with Crippen molar-refractivity contribution in [2.24, 2.45) is 11.7 Å². The SMILES string of the molecule is Cc1ccc(C(C)(N)C2CCCCCC2)cc1F. The molecule has 0 spiro atoms. The molecule has 1 aromatic rings. The summed E-state index contributed by atoms with van der Waals surface area (Å²) in [7, 11) is 0. The van der Waals surface area contributed by atoms with Crippen LogP contribution in [0.3, 0.4) is 0 Å². The molecule has 2 heteroatoms. The van der Waals surface area contributed by atoms with E-state index in [0.717, 1.165) is 5.56 Å². The van der Waals surface area contributed by atoms with Gasteiger partial charge in [-0.05, 0) is 49.8 Å². The van der Waals surface area contributed by atoms with Crippen molar-refractivity contribution in [1.29, 1.82) is 0 Å². The maximum Gasteiger partial charge on any atom is 0.126 e. The third-order valence-corrected chi connectivity index (χ3v) is 4.50. The molecule has 0 aliphatic heterocycles. The lowest BCUT2D eigenvalue weighted by Crippen LogP contribution is -2.41. The molecule has 1 aliphatic rings. The lowest BCUT2D eigenvalue weighted by atomic mass is 9.76. The number of benzene rings is 1. The van der Waals surface area contributed by atoms with E-state index in [1.807, 2.05) is 12.1 Å². The first-order valence-corrected chi connectivity index (χ1v) is 7.07. The minimum atomic E-state index is -0.404. The largest absolute Gasteiger partial charge is 0.321 e. The van der Waals surface area contributed by atoms with Crippen LogP contribution in [0.2, 0.25) is 0 Å². The van der Waals surface area contributed by atoms with Crippen LogP contribution in [0.25, 0.3) is 0 Å². The Labute approximate surface area is 110 Å². The molecule has 1 aromatic carbocycles. The highest BCUT2D eigenvalue weighted by Gasteiger charge is 2.32. The average Bonchev–Trinajstić information content (AvgIpc) is 2.61. The summed E-state index contributed by atoms with van der Waals surface area (Å²) in [5, 5.41) is 0. The van der Waals surface area contributed by atoms with Crippen molar-refractivity contribution in [3.8, 4) is 0 Å². The highest BCUT2D eigenvalue weighted by molar-refractivity contribution is 5.29. The number of hydrogen-bond acceptors (Lipinski definition) is 1. The summed E-state index contributed by atoms with van der Waals surface area (Å²) >= 11 is 0. The van der Waals surface area contributed by atoms with E-state index in [1.165, 1.54) is 38.5 Å². The maximum atomic E-state index is 13.7. The van der Waals surface area contributed by atoms with E-state index in [4.69, 9.17) is 5.73 Å². The highest BCUT2D eigenvalue weighted by Crippen LogP contribution is 2.36. The van der Waals surface area contributed by atoms with Gasteiger partial charge in [-0.2, -0.15) is 0 Å². The van der Waals surface area contributed by atoms with E-state index >= 15 is 0 Å². The number of hydrogen-bond donors (Lipinski definition) is 1. The molecule has 100 valence electrons. The van der Waals surface area contributed by atoms with Crippen LogP contribution in [0, 0.1) is 18.7 Å². The minimum Gasteiger partial charge on any atom is -0.321 e. The first kappa shape index (κ1) is 13.5. The summed E-state index contributed by atoms with van der Waals surface area (Å²) in [5.41, 5.74) is 7.76. The molecule has 2 rings (SSSR count). The van der Waals surface area contributed by atoms with Crippen LogP contribution in [-0.4, -0.2) is 0 Å². The molecular weight excluding hydrogens is 225 g/mol. The van der Waals surface area contributed by atoms with Gasteiger partial charge in [0, 0.05) is 5.54 Å². The summed E-state index contributed by atoms with van der Waals surface area (Å²) in [6.07, 6.45) is 7.48. The van der Waals surface area contributed by atoms with Gasteiger partial charge in [0.1, 0.15) is 5.82 Å². The Kier molecular flexibility index (Phi) is 4.06. The fraction of sp³-hybridized carbons (Fsp3) is 0.625. The molecule has 18 heavy (non-hydrogen) atoms. The number of aryl methyl sites for hydroxylation is 1. The molecule has 0 amide bonds. The van der Waals surface area contributed by atoms with Crippen LogP contribution in [0.4, 0.5) is 4.39 Å². The third-order valence-electron chi connectivity index (χ3n) is 4.50. The van der Waals surface area contributed by atoms with Gasteiger partial charge >= 0.3 is 0 Å². The van der Waals surface area contributed by atoms with Crippen molar-refractivity contribution in [1.82, 2.24) is 0 Å². The predicted octanol–water partition coefficient (Wildman–Crippen LogP) is 4.28. The molecule has 0 aromatic heterocycles. The van der Waals surface area contributed by atoms with Gasteiger partial charge in [-0.25, -0.2) is 4.39 Å². The second-order valence-electron chi connectivity index (χ2n) is 5.94. The van der Waals surface area contributed by atoms with Gasteiger partial charge in [-0.1, -0.05) is 37.8 Å². The van der Waals surface area contributed by atoms with E-state index in [0.29, 0.717) is 11.5 Å². The van der Waals surface area contributed by atoms with E-state index < -0.39 is 5.54 Å². The van der Waals surface area contributed by atoms with Crippen molar-refractivity contribution in [3.05, 3.63) is 35.1 Å². The first-order valence-electron chi connectivity index (χ1n) is 7.07. The lowest BCUT2D eigenvalue weighted by Gasteiger charge is -2.34. The second-order valence-corrected chi connectivity index (χ2v) is 5.94. The molecule has 1 atom stereocenters. The van der Waals surface area contributed by atoms with Crippen molar-refractivity contribution in [2.45, 2.75) is 57.9 Å². The van der Waals surface area contributed by atoms with Crippen LogP contribution < -0.4 is 5.73 Å². The zero-order valence-electron chi connectivity index (χ0n) is 11.5. The van der Waals surface area contributed by atoms with Gasteiger partial charge in [-0.3, -0.25) is 0 Å². The van der Waals surface area contributed by atoms with Crippen LogP contribution in [0.15, 0.2) is 18.2 Å². The van der Waals surface area contributed by atoms with E-state index in [2.05, 4.69) is 6.92 Å². The molecular formula is C16H24FN. The Balaban J connectivity index is 2.24. The summed E-state index contributed by atoms with van der Waals surface area (Å²) in [5.74, 6) is 0.333. The van der Waals surface area contributed by atoms with Crippen molar-refractivity contribution in [3.63, 3.8) is 0 Å². The normalized spacial score (nSPS) is 21.3. The fourth-order valence-corrected chi connectivity index (χ4v) is 3.04. The van der Waals surface area contributed by atoms with Crippen LogP contribution in [0.1, 0.15) is 56.6 Å². The molecule has 2 N–H and O–H groups in total. The Morgan fingerprint density at radius 1 is 1.17 bits per heavy atom. The molecule has 1 nitrogen and oxygen atoms in total. The van der Waals surface area contributed by atoms with Gasteiger partial charge < -0.3 is 5.73 Å². The highest BCUT2D eigenvalue weighted by atomic mass is 19.1. The quantitative estimate of drug-likeness (QED) is 0.778. The first-order chi connectivity index (χ1) is 8.51. The van der Waals surface area contributed by atoms with Crippen LogP contribution in [-0.2, 0) is 5.54 Å². The lowest BCUT2D eigenvalue weighted by molar-refractivity contribution is 0.268. The average molecular weight is 249 g/mol. The monoisotopic (exact) mass is 249 g/mol. The smallest absolute Gasteiger partial charge is 0.126 e. The second kappa shape index (κ2) is 5.40. The zero-order chi connectivity index (χ0) is 13.2. The van der Waals surface area contributed by atoms with Gasteiger partial charge in [0.2, 0.25) is 0 Å². The Bertz CT molecular complexity index is 404. The Morgan fingerprint density at radius 2 is 1.78 bits per heavy atom. The van der Waals surface area contributed by atoms with Crippen molar-refractivity contribution in [2.75, 3.05) is 0 Å². The molecule has 0 bridgehead atoms. The number of halogens is 1. The van der Waals surface area contributed by atoms with E-state index in [-0.39, 0.29) is 5.82 Å². The van der Waals surface area contributed by atoms with Gasteiger partial charge in [0.05, 0.1) is 0 Å². The van der Waals surface area contributed by atoms with E-state index in [1.54, 1.807) is 13.0 Å². The summed E-state index contributed by atoms with van der Waals surface area (Å²) < 4.78 is 13.7. The molecule has 1 saturated carbocycles. The summed E-state index contributed by atoms with van der Waals surface area (Å²) in [6, 6.07) is 5.45. The molecule has 1 aliphatic carbocycles. The van der Waals surface area contributed by atoms with Gasteiger partial charge in [0.25, 0.3) is 0 Å². The standard InChI is InChI=1S/C16H24FN/c1-12-9-10-14(11-15(12)17)16(2,18)13-7-5-3-4-6-8-13/h9-11,13H,3-8,18H2,1-2H3. The van der Waals surface area contributed by atoms with Crippen LogP contribution >= 0.6 is 0 Å². The Hall–Kier alpha value is -0.890. The molecule has 0 saturated heterocycles. The predicted molar refractivity (Wildman–Crippen MR) is 73.9 cm³/mol. The van der Waals surface area contributed by atoms with E-state index in [9.17, 15) is 4.39 Å². The third kappa shape index (κ3) is 2.74. The number of nitrogens with two attached hydrogens (primary N) is 1.